The molecule has 0 aliphatic carbocycles. The van der Waals surface area contributed by atoms with Crippen molar-refractivity contribution in [2.45, 2.75) is 18.7 Å². The van der Waals surface area contributed by atoms with Crippen molar-refractivity contribution < 1.29 is 23.4 Å². The maximum atomic E-state index is 13.5. The predicted molar refractivity (Wildman–Crippen MR) is 115 cm³/mol. The quantitative estimate of drug-likeness (QED) is 0.479. The van der Waals surface area contributed by atoms with Gasteiger partial charge in [0.1, 0.15) is 29.5 Å². The molecule has 166 valence electrons. The van der Waals surface area contributed by atoms with Gasteiger partial charge in [0.25, 0.3) is 0 Å². The molecule has 1 fully saturated rings. The average molecular weight is 448 g/mol. The molecule has 1 amide bonds. The van der Waals surface area contributed by atoms with E-state index >= 15 is 0 Å². The monoisotopic (exact) mass is 448 g/mol. The van der Waals surface area contributed by atoms with Crippen LogP contribution in [0.1, 0.15) is 11.6 Å². The lowest BCUT2D eigenvalue weighted by molar-refractivity contribution is 0.118. The number of aromatic nitrogens is 3. The average Bonchev–Trinajstić information content (AvgIpc) is 3.40. The number of hydrogen-bond donors (Lipinski definition) is 1. The molecule has 0 bridgehead atoms. The van der Waals surface area contributed by atoms with E-state index in [9.17, 15) is 18.7 Å². The highest BCUT2D eigenvalue weighted by molar-refractivity contribution is 5.91. The second-order valence-corrected chi connectivity index (χ2v) is 7.61. The fourth-order valence-corrected chi connectivity index (χ4v) is 3.98. The third-order valence-electron chi connectivity index (χ3n) is 5.53. The van der Waals surface area contributed by atoms with Crippen molar-refractivity contribution >= 4 is 11.8 Å². The smallest absolute Gasteiger partial charge is 0.415 e. The summed E-state index contributed by atoms with van der Waals surface area (Å²) in [6.07, 6.45) is 0.290. The molecule has 1 unspecified atom stereocenters. The van der Waals surface area contributed by atoms with Gasteiger partial charge in [0.2, 0.25) is 0 Å². The van der Waals surface area contributed by atoms with Crippen LogP contribution in [0.5, 0.6) is 5.75 Å². The number of phenolic OH excluding ortho intramolecular Hbond substituents is 1. The van der Waals surface area contributed by atoms with Gasteiger partial charge >= 0.3 is 6.09 Å². The fraction of sp³-hybridized carbons (Fsp3) is 0.125. The lowest BCUT2D eigenvalue weighted by Gasteiger charge is -2.25. The first-order valence-corrected chi connectivity index (χ1v) is 10.2. The van der Waals surface area contributed by atoms with E-state index in [1.807, 2.05) is 0 Å². The van der Waals surface area contributed by atoms with Gasteiger partial charge < -0.3 is 9.84 Å². The predicted octanol–water partition coefficient (Wildman–Crippen LogP) is 4.70. The Morgan fingerprint density at radius 3 is 2.21 bits per heavy atom. The zero-order chi connectivity index (χ0) is 22.9. The van der Waals surface area contributed by atoms with E-state index < -0.39 is 24.1 Å². The number of benzene rings is 3. The van der Waals surface area contributed by atoms with Crippen LogP contribution in [-0.4, -0.2) is 32.3 Å². The Bertz CT molecular complexity index is 1270. The normalized spacial score (nSPS) is 17.9. The molecule has 5 rings (SSSR count). The highest BCUT2D eigenvalue weighted by Crippen LogP contribution is 2.39. The van der Waals surface area contributed by atoms with Crippen molar-refractivity contribution in [1.82, 2.24) is 15.0 Å². The molecule has 0 spiro atoms. The van der Waals surface area contributed by atoms with E-state index in [4.69, 9.17) is 4.74 Å². The summed E-state index contributed by atoms with van der Waals surface area (Å²) in [6, 6.07) is 17.4. The number of cyclic esters (lactones) is 1. The molecule has 2 heterocycles. The topological polar surface area (TPSA) is 80.5 Å². The van der Waals surface area contributed by atoms with E-state index in [0.29, 0.717) is 16.9 Å². The number of nitrogens with zero attached hydrogens (tertiary/aromatic N) is 4. The van der Waals surface area contributed by atoms with Crippen LogP contribution in [0.2, 0.25) is 0 Å². The molecule has 0 saturated carbocycles. The summed E-state index contributed by atoms with van der Waals surface area (Å²) < 4.78 is 34.2. The number of halogens is 2. The summed E-state index contributed by atoms with van der Waals surface area (Å²) in [4.78, 5) is 14.4. The Hall–Kier alpha value is -4.27. The van der Waals surface area contributed by atoms with Gasteiger partial charge in [0.15, 0.2) is 0 Å². The minimum absolute atomic E-state index is 0.0868. The minimum Gasteiger partial charge on any atom is -0.508 e. The van der Waals surface area contributed by atoms with Crippen LogP contribution in [-0.2, 0) is 11.3 Å². The molecule has 1 saturated heterocycles. The van der Waals surface area contributed by atoms with Gasteiger partial charge in [-0.15, -0.1) is 5.10 Å². The maximum Gasteiger partial charge on any atom is 0.415 e. The van der Waals surface area contributed by atoms with Gasteiger partial charge in [-0.1, -0.05) is 17.3 Å². The van der Waals surface area contributed by atoms with Gasteiger partial charge in [0.05, 0.1) is 18.4 Å². The molecule has 2 atom stereocenters. The number of rotatable bonds is 5. The molecule has 9 heteroatoms. The summed E-state index contributed by atoms with van der Waals surface area (Å²) in [6.45, 7) is 0.168. The van der Waals surface area contributed by atoms with Crippen molar-refractivity contribution in [3.8, 4) is 17.0 Å². The van der Waals surface area contributed by atoms with E-state index in [2.05, 4.69) is 10.3 Å². The first-order valence-electron chi connectivity index (χ1n) is 10.2. The number of carbonyl (C=O) groups is 1. The van der Waals surface area contributed by atoms with Crippen LogP contribution in [0.4, 0.5) is 19.3 Å². The zero-order valence-electron chi connectivity index (χ0n) is 17.2. The van der Waals surface area contributed by atoms with E-state index in [-0.39, 0.29) is 18.1 Å². The molecule has 0 radical (unpaired) electrons. The van der Waals surface area contributed by atoms with Gasteiger partial charge in [-0.3, -0.25) is 4.90 Å². The largest absolute Gasteiger partial charge is 0.508 e. The number of hydrogen-bond acceptors (Lipinski definition) is 5. The summed E-state index contributed by atoms with van der Waals surface area (Å²) in [7, 11) is 0. The van der Waals surface area contributed by atoms with Crippen molar-refractivity contribution in [3.05, 3.63) is 96.2 Å². The van der Waals surface area contributed by atoms with Gasteiger partial charge in [-0.25, -0.2) is 18.3 Å². The van der Waals surface area contributed by atoms with Crippen LogP contribution < -0.4 is 4.90 Å². The highest BCUT2D eigenvalue weighted by atomic mass is 19.1. The second kappa shape index (κ2) is 8.34. The van der Waals surface area contributed by atoms with Gasteiger partial charge in [-0.2, -0.15) is 0 Å². The third-order valence-corrected chi connectivity index (χ3v) is 5.53. The summed E-state index contributed by atoms with van der Waals surface area (Å²) in [5.41, 5.74) is 2.54. The van der Waals surface area contributed by atoms with Crippen molar-refractivity contribution in [1.29, 1.82) is 0 Å². The molecule has 1 N–H and O–H groups in total. The SMILES string of the molecule is O=C1O[C@H](Cn2nncc2-c2ccc(F)cc2)C(c2ccc(O)cc2)N1c1ccc(F)cc1. The molecular formula is C24H18F2N4O3. The van der Waals surface area contributed by atoms with Crippen molar-refractivity contribution in [3.63, 3.8) is 0 Å². The number of ether oxygens (including phenoxy) is 1. The molecule has 1 aliphatic rings. The summed E-state index contributed by atoms with van der Waals surface area (Å²) >= 11 is 0. The molecule has 4 aromatic rings. The van der Waals surface area contributed by atoms with E-state index in [1.165, 1.54) is 53.4 Å². The van der Waals surface area contributed by atoms with Crippen LogP contribution in [0, 0.1) is 11.6 Å². The Morgan fingerprint density at radius 1 is 0.909 bits per heavy atom. The second-order valence-electron chi connectivity index (χ2n) is 7.61. The lowest BCUT2D eigenvalue weighted by Crippen LogP contribution is -2.31. The molecular weight excluding hydrogens is 430 g/mol. The summed E-state index contributed by atoms with van der Waals surface area (Å²) in [5, 5.41) is 17.8. The van der Waals surface area contributed by atoms with Crippen LogP contribution in [0.3, 0.4) is 0 Å². The maximum absolute atomic E-state index is 13.5. The molecule has 7 nitrogen and oxygen atoms in total. The number of aromatic hydroxyl groups is 1. The lowest BCUT2D eigenvalue weighted by atomic mass is 9.99. The molecule has 3 aromatic carbocycles. The number of phenols is 1. The highest BCUT2D eigenvalue weighted by Gasteiger charge is 2.44. The first-order chi connectivity index (χ1) is 16.0. The van der Waals surface area contributed by atoms with Crippen LogP contribution in [0.25, 0.3) is 11.3 Å². The fourth-order valence-electron chi connectivity index (χ4n) is 3.98. The number of carbonyl (C=O) groups excluding carboxylic acids is 1. The molecule has 1 aromatic heterocycles. The Kier molecular flexibility index (Phi) is 5.21. The third kappa shape index (κ3) is 4.00. The summed E-state index contributed by atoms with van der Waals surface area (Å²) in [5.74, 6) is -0.691. The Labute approximate surface area is 187 Å². The van der Waals surface area contributed by atoms with Crippen LogP contribution >= 0.6 is 0 Å². The van der Waals surface area contributed by atoms with E-state index in [0.717, 1.165) is 5.56 Å². The van der Waals surface area contributed by atoms with Crippen molar-refractivity contribution in [2.24, 2.45) is 0 Å². The number of anilines is 1. The van der Waals surface area contributed by atoms with Gasteiger partial charge in [0, 0.05) is 11.3 Å². The Balaban J connectivity index is 1.52. The van der Waals surface area contributed by atoms with Crippen molar-refractivity contribution in [2.75, 3.05) is 4.90 Å². The van der Waals surface area contributed by atoms with E-state index in [1.54, 1.807) is 35.1 Å². The Morgan fingerprint density at radius 2 is 1.55 bits per heavy atom. The van der Waals surface area contributed by atoms with Gasteiger partial charge in [-0.05, 0) is 66.2 Å². The van der Waals surface area contributed by atoms with Crippen LogP contribution in [0.15, 0.2) is 79.0 Å². The standard InChI is InChI=1S/C24H18F2N4O3/c25-17-5-1-15(2-6-17)21-13-27-28-29(21)14-22-23(16-3-11-20(31)12-4-16)30(24(32)33-22)19-9-7-18(26)8-10-19/h1-13,22-23,31H,14H2/t22-,23?/m1/s1. The zero-order valence-corrected chi connectivity index (χ0v) is 17.2. The molecule has 1 aliphatic heterocycles. The number of amides is 1. The first kappa shape index (κ1) is 20.6. The minimum atomic E-state index is -0.673. The molecule has 33 heavy (non-hydrogen) atoms.